The third kappa shape index (κ3) is 6.66. The molecule has 0 amide bonds. The lowest BCUT2D eigenvalue weighted by molar-refractivity contribution is -0.119. The summed E-state index contributed by atoms with van der Waals surface area (Å²) in [6.07, 6.45) is 3.24. The van der Waals surface area contributed by atoms with E-state index in [0.717, 1.165) is 68.2 Å². The van der Waals surface area contributed by atoms with Crippen LogP contribution in [0.2, 0.25) is 0 Å². The van der Waals surface area contributed by atoms with E-state index in [0.29, 0.717) is 50.7 Å². The number of benzene rings is 3. The molecule has 3 aromatic rings. The number of hydrogen-bond donors (Lipinski definition) is 0. The molecule has 6 nitrogen and oxygen atoms in total. The van der Waals surface area contributed by atoms with E-state index in [9.17, 15) is 9.59 Å². The highest BCUT2D eigenvalue weighted by Crippen LogP contribution is 2.55. The van der Waals surface area contributed by atoms with Crippen molar-refractivity contribution in [3.8, 4) is 11.5 Å². The second-order valence-corrected chi connectivity index (χ2v) is 15.6. The number of methoxy groups -OCH3 is 1. The first kappa shape index (κ1) is 33.5. The van der Waals surface area contributed by atoms with Crippen molar-refractivity contribution in [1.29, 1.82) is 0 Å². The second kappa shape index (κ2) is 13.2. The molecule has 2 aliphatic carbocycles. The third-order valence-corrected chi connectivity index (χ3v) is 10.3. The predicted molar refractivity (Wildman–Crippen MR) is 190 cm³/mol. The van der Waals surface area contributed by atoms with Crippen molar-refractivity contribution in [2.24, 2.45) is 10.8 Å². The van der Waals surface area contributed by atoms with Crippen LogP contribution in [0, 0.1) is 10.8 Å². The van der Waals surface area contributed by atoms with Gasteiger partial charge in [0.15, 0.2) is 23.1 Å². The molecule has 0 atom stereocenters. The van der Waals surface area contributed by atoms with E-state index in [-0.39, 0.29) is 22.4 Å². The molecule has 0 saturated carbocycles. The molecule has 0 bridgehead atoms. The number of Topliss-reactive ketones (excluding diaryl/α,β-unsaturated/α-hetero) is 2. The summed E-state index contributed by atoms with van der Waals surface area (Å²) in [5, 5.41) is 2.31. The number of ketones is 2. The van der Waals surface area contributed by atoms with E-state index >= 15 is 0 Å². The lowest BCUT2D eigenvalue weighted by Crippen LogP contribution is -2.44. The van der Waals surface area contributed by atoms with Gasteiger partial charge in [0.2, 0.25) is 0 Å². The smallest absolute Gasteiger partial charge is 0.175 e. The Balaban J connectivity index is 1.47. The van der Waals surface area contributed by atoms with Crippen LogP contribution in [-0.2, 0) is 20.9 Å². The van der Waals surface area contributed by atoms with Gasteiger partial charge in [-0.1, -0.05) is 70.2 Å². The summed E-state index contributed by atoms with van der Waals surface area (Å²) in [5.74, 6) is 0.973. The Labute approximate surface area is 287 Å². The summed E-state index contributed by atoms with van der Waals surface area (Å²) in [7, 11) is 1.71. The maximum atomic E-state index is 14.2. The van der Waals surface area contributed by atoms with Crippen LogP contribution in [0.1, 0.15) is 83.8 Å². The predicted octanol–water partition coefficient (Wildman–Crippen LogP) is 9.30. The molecule has 248 valence electrons. The molecule has 0 radical (unpaired) electrons. The lowest BCUT2D eigenvalue weighted by atomic mass is 9.63. The Kier molecular flexibility index (Phi) is 9.43. The first-order chi connectivity index (χ1) is 22.4. The maximum absolute atomic E-state index is 14.2. The van der Waals surface area contributed by atoms with Crippen LogP contribution in [0.4, 0.5) is 0 Å². The molecule has 7 heteroatoms. The van der Waals surface area contributed by atoms with Crippen molar-refractivity contribution in [2.45, 2.75) is 79.2 Å². The van der Waals surface area contributed by atoms with Gasteiger partial charge >= 0.3 is 0 Å². The van der Waals surface area contributed by atoms with E-state index in [2.05, 4.69) is 72.8 Å². The summed E-state index contributed by atoms with van der Waals surface area (Å²) in [6, 6.07) is 18.5. The molecule has 47 heavy (non-hydrogen) atoms. The monoisotopic (exact) mass is 699 g/mol. The van der Waals surface area contributed by atoms with Crippen molar-refractivity contribution in [3.05, 3.63) is 92.7 Å². The summed E-state index contributed by atoms with van der Waals surface area (Å²) < 4.78 is 18.9. The Morgan fingerprint density at radius 1 is 0.851 bits per heavy atom. The van der Waals surface area contributed by atoms with E-state index in [1.807, 2.05) is 37.3 Å². The van der Waals surface area contributed by atoms with Crippen molar-refractivity contribution < 1.29 is 23.8 Å². The molecule has 1 heterocycles. The molecule has 0 N–H and O–H groups in total. The molecular weight excluding hydrogens is 654 g/mol. The average Bonchev–Trinajstić information content (AvgIpc) is 3.00. The maximum Gasteiger partial charge on any atom is 0.175 e. The zero-order valence-electron chi connectivity index (χ0n) is 28.5. The normalized spacial score (nSPS) is 19.3. The number of nitrogens with zero attached hydrogens (tertiary/aromatic N) is 1. The van der Waals surface area contributed by atoms with Gasteiger partial charge in [-0.3, -0.25) is 9.59 Å². The van der Waals surface area contributed by atoms with Gasteiger partial charge in [-0.15, -0.1) is 0 Å². The average molecular weight is 701 g/mol. The molecule has 0 fully saturated rings. The fraction of sp³-hybridized carbons (Fsp3) is 0.450. The van der Waals surface area contributed by atoms with Crippen LogP contribution in [-0.4, -0.2) is 43.3 Å². The number of carbonyl (C=O) groups excluding carboxylic acids is 2. The zero-order chi connectivity index (χ0) is 33.5. The van der Waals surface area contributed by atoms with E-state index in [1.54, 1.807) is 7.11 Å². The van der Waals surface area contributed by atoms with Crippen LogP contribution in [0.15, 0.2) is 81.6 Å². The van der Waals surface area contributed by atoms with E-state index < -0.39 is 5.92 Å². The minimum Gasteiger partial charge on any atom is -0.490 e. The lowest BCUT2D eigenvalue weighted by Gasteiger charge is -2.49. The van der Waals surface area contributed by atoms with Crippen LogP contribution in [0.25, 0.3) is 10.8 Å². The fourth-order valence-corrected chi connectivity index (χ4v) is 8.32. The minimum atomic E-state index is -0.464. The number of fused-ring (bicyclic) bond motifs is 1. The summed E-state index contributed by atoms with van der Waals surface area (Å²) in [5.41, 5.74) is 5.22. The highest BCUT2D eigenvalue weighted by atomic mass is 79.9. The van der Waals surface area contributed by atoms with Crippen molar-refractivity contribution >= 4 is 38.3 Å². The molecular formula is C40H46BrNO5. The van der Waals surface area contributed by atoms with Gasteiger partial charge in [0.05, 0.1) is 11.1 Å². The highest BCUT2D eigenvalue weighted by molar-refractivity contribution is 9.10. The van der Waals surface area contributed by atoms with Crippen molar-refractivity contribution in [2.75, 3.05) is 26.9 Å². The molecule has 3 aliphatic rings. The highest BCUT2D eigenvalue weighted by Gasteiger charge is 2.49. The zero-order valence-corrected chi connectivity index (χ0v) is 30.1. The summed E-state index contributed by atoms with van der Waals surface area (Å²) in [4.78, 5) is 30.8. The molecule has 6 rings (SSSR count). The standard InChI is InChI=1S/C40H46BrNO5/c1-7-46-34-19-27(18-29(41)38(34)47-24-26-14-10-13-25-12-8-9-15-28(25)26)35-36-30(20-39(2,3)22-32(36)43)42(16-11-17-45-6)31-21-40(4,5)23-33(44)37(31)35/h8-10,12-15,18-19,35H,7,11,16-17,20-24H2,1-6H3. The number of carbonyl (C=O) groups is 2. The van der Waals surface area contributed by atoms with Gasteiger partial charge in [-0.05, 0) is 87.0 Å². The van der Waals surface area contributed by atoms with Crippen LogP contribution >= 0.6 is 15.9 Å². The minimum absolute atomic E-state index is 0.118. The first-order valence-corrected chi connectivity index (χ1v) is 17.6. The Morgan fingerprint density at radius 3 is 2.13 bits per heavy atom. The molecule has 0 saturated heterocycles. The van der Waals surface area contributed by atoms with Crippen molar-refractivity contribution in [1.82, 2.24) is 4.90 Å². The van der Waals surface area contributed by atoms with Gasteiger partial charge in [0, 0.05) is 61.6 Å². The molecule has 0 aromatic heterocycles. The van der Waals surface area contributed by atoms with Gasteiger partial charge in [0.1, 0.15) is 6.61 Å². The van der Waals surface area contributed by atoms with Gasteiger partial charge < -0.3 is 19.1 Å². The molecule has 3 aromatic carbocycles. The van der Waals surface area contributed by atoms with Crippen LogP contribution < -0.4 is 9.47 Å². The first-order valence-electron chi connectivity index (χ1n) is 16.8. The second-order valence-electron chi connectivity index (χ2n) is 14.7. The number of allylic oxidation sites excluding steroid dienone is 4. The number of hydrogen-bond acceptors (Lipinski definition) is 6. The number of rotatable bonds is 10. The molecule has 0 unspecified atom stereocenters. The third-order valence-electron chi connectivity index (χ3n) is 9.67. The SMILES string of the molecule is CCOc1cc(C2C3=C(CC(C)(C)CC3=O)N(CCCOC)C3=C2C(=O)CC(C)(C)C3)cc(Br)c1OCc1cccc2ccccc12. The fourth-order valence-electron chi connectivity index (χ4n) is 7.74. The summed E-state index contributed by atoms with van der Waals surface area (Å²) >= 11 is 3.82. The van der Waals surface area contributed by atoms with E-state index in [4.69, 9.17) is 14.2 Å². The number of ether oxygens (including phenoxy) is 3. The van der Waals surface area contributed by atoms with Gasteiger partial charge in [-0.2, -0.15) is 0 Å². The van der Waals surface area contributed by atoms with Crippen LogP contribution in [0.5, 0.6) is 11.5 Å². The van der Waals surface area contributed by atoms with E-state index in [1.165, 1.54) is 0 Å². The van der Waals surface area contributed by atoms with Gasteiger partial charge in [-0.25, -0.2) is 0 Å². The van der Waals surface area contributed by atoms with Crippen LogP contribution in [0.3, 0.4) is 0 Å². The summed E-state index contributed by atoms with van der Waals surface area (Å²) in [6.45, 7) is 12.8. The van der Waals surface area contributed by atoms with Gasteiger partial charge in [0.25, 0.3) is 0 Å². The quantitative estimate of drug-likeness (QED) is 0.197. The largest absolute Gasteiger partial charge is 0.490 e. The molecule has 0 spiro atoms. The Hall–Kier alpha value is -3.42. The van der Waals surface area contributed by atoms with Crippen molar-refractivity contribution in [3.63, 3.8) is 0 Å². The number of halogens is 1. The topological polar surface area (TPSA) is 65.1 Å². The Bertz CT molecular complexity index is 1730. The Morgan fingerprint density at radius 2 is 1.49 bits per heavy atom. The molecule has 1 aliphatic heterocycles.